The van der Waals surface area contributed by atoms with Crippen LogP contribution in [0.2, 0.25) is 0 Å². The molecule has 1 aliphatic heterocycles. The first-order valence-electron chi connectivity index (χ1n) is 9.37. The fourth-order valence-electron chi connectivity index (χ4n) is 3.56. The van der Waals surface area contributed by atoms with Gasteiger partial charge in [0.2, 0.25) is 0 Å². The lowest BCUT2D eigenvalue weighted by Crippen LogP contribution is -2.28. The largest absolute Gasteiger partial charge is 0.497 e. The number of nitrogens with zero attached hydrogens (tertiary/aromatic N) is 2. The van der Waals surface area contributed by atoms with Gasteiger partial charge >= 0.3 is 0 Å². The molecule has 0 fully saturated rings. The Morgan fingerprint density at radius 1 is 0.926 bits per heavy atom. The summed E-state index contributed by atoms with van der Waals surface area (Å²) < 4.78 is 5.34. The number of rotatable bonds is 5. The summed E-state index contributed by atoms with van der Waals surface area (Å²) in [6.45, 7) is 2.97. The van der Waals surface area contributed by atoms with Gasteiger partial charge in [0.05, 0.1) is 7.11 Å². The first-order valence-corrected chi connectivity index (χ1v) is 9.37. The summed E-state index contributed by atoms with van der Waals surface area (Å²) in [6, 6.07) is 21.0. The van der Waals surface area contributed by atoms with E-state index in [1.165, 1.54) is 16.7 Å². The molecule has 27 heavy (non-hydrogen) atoms. The molecular weight excluding hydrogens is 332 g/mol. The second kappa shape index (κ2) is 8.19. The second-order valence-electron chi connectivity index (χ2n) is 6.89. The van der Waals surface area contributed by atoms with Crippen LogP contribution in [-0.2, 0) is 6.54 Å². The van der Waals surface area contributed by atoms with E-state index in [2.05, 4.69) is 64.5 Å². The molecule has 3 nitrogen and oxygen atoms in total. The molecule has 1 aromatic heterocycles. The lowest BCUT2D eigenvalue weighted by molar-refractivity contribution is 0.293. The number of hydrogen-bond acceptors (Lipinski definition) is 3. The van der Waals surface area contributed by atoms with Crippen LogP contribution in [-0.4, -0.2) is 30.1 Å². The maximum Gasteiger partial charge on any atom is 0.119 e. The van der Waals surface area contributed by atoms with Crippen LogP contribution in [0.15, 0.2) is 79.1 Å². The van der Waals surface area contributed by atoms with Gasteiger partial charge in [-0.25, -0.2) is 0 Å². The monoisotopic (exact) mass is 356 g/mol. The molecule has 0 amide bonds. The Hall–Kier alpha value is -2.91. The minimum Gasteiger partial charge on any atom is -0.497 e. The Kier molecular flexibility index (Phi) is 5.31. The standard InChI is InChI=1S/C24H24N2O/c1-27-24-9-5-8-22(15-24)23-14-19(16-25-17-23)18-26-12-10-21(11-13-26)20-6-3-2-4-7-20/h2-10,14-17H,11-13,18H2,1H3. The molecule has 0 saturated heterocycles. The zero-order valence-corrected chi connectivity index (χ0v) is 15.6. The quantitative estimate of drug-likeness (QED) is 0.640. The fraction of sp³-hybridized carbons (Fsp3) is 0.208. The molecule has 0 saturated carbocycles. The van der Waals surface area contributed by atoms with Crippen molar-refractivity contribution in [1.29, 1.82) is 0 Å². The Bertz CT molecular complexity index is 934. The van der Waals surface area contributed by atoms with E-state index >= 15 is 0 Å². The van der Waals surface area contributed by atoms with E-state index in [0.29, 0.717) is 0 Å². The van der Waals surface area contributed by atoms with Crippen LogP contribution in [0.1, 0.15) is 17.5 Å². The van der Waals surface area contributed by atoms with Gasteiger partial charge < -0.3 is 4.74 Å². The first kappa shape index (κ1) is 17.5. The van der Waals surface area contributed by atoms with Crippen molar-refractivity contribution in [3.05, 3.63) is 90.3 Å². The highest BCUT2D eigenvalue weighted by Gasteiger charge is 2.13. The number of methoxy groups -OCH3 is 1. The molecular formula is C24H24N2O. The maximum atomic E-state index is 5.34. The normalized spacial score (nSPS) is 14.6. The number of pyridine rings is 1. The van der Waals surface area contributed by atoms with E-state index in [4.69, 9.17) is 4.74 Å². The number of ether oxygens (including phenoxy) is 1. The summed E-state index contributed by atoms with van der Waals surface area (Å²) >= 11 is 0. The third kappa shape index (κ3) is 4.26. The Morgan fingerprint density at radius 2 is 1.78 bits per heavy atom. The van der Waals surface area contributed by atoms with Gasteiger partial charge in [-0.1, -0.05) is 48.5 Å². The van der Waals surface area contributed by atoms with Crippen LogP contribution in [0.5, 0.6) is 5.75 Å². The van der Waals surface area contributed by atoms with Gasteiger partial charge in [0.15, 0.2) is 0 Å². The predicted octanol–water partition coefficient (Wildman–Crippen LogP) is 5.05. The van der Waals surface area contributed by atoms with Crippen LogP contribution in [0, 0.1) is 0 Å². The highest BCUT2D eigenvalue weighted by molar-refractivity contribution is 5.66. The van der Waals surface area contributed by atoms with Crippen molar-refractivity contribution in [2.75, 3.05) is 20.2 Å². The molecule has 0 bridgehead atoms. The van der Waals surface area contributed by atoms with Crippen molar-refractivity contribution in [2.45, 2.75) is 13.0 Å². The molecule has 136 valence electrons. The van der Waals surface area contributed by atoms with Crippen molar-refractivity contribution in [1.82, 2.24) is 9.88 Å². The molecule has 0 aliphatic carbocycles. The molecule has 3 aromatic rings. The Balaban J connectivity index is 1.45. The molecule has 0 unspecified atom stereocenters. The van der Waals surface area contributed by atoms with Gasteiger partial charge in [-0.3, -0.25) is 9.88 Å². The summed E-state index contributed by atoms with van der Waals surface area (Å²) in [4.78, 5) is 6.93. The summed E-state index contributed by atoms with van der Waals surface area (Å²) in [5.74, 6) is 0.868. The summed E-state index contributed by atoms with van der Waals surface area (Å²) in [7, 11) is 1.70. The van der Waals surface area contributed by atoms with Gasteiger partial charge in [-0.15, -0.1) is 0 Å². The fourth-order valence-corrected chi connectivity index (χ4v) is 3.56. The summed E-state index contributed by atoms with van der Waals surface area (Å²) in [6.07, 6.45) is 7.34. The van der Waals surface area contributed by atoms with E-state index in [1.54, 1.807) is 7.11 Å². The molecule has 3 heteroatoms. The lowest BCUT2D eigenvalue weighted by atomic mass is 9.99. The zero-order valence-electron chi connectivity index (χ0n) is 15.6. The van der Waals surface area contributed by atoms with Crippen molar-refractivity contribution >= 4 is 5.57 Å². The highest BCUT2D eigenvalue weighted by Crippen LogP contribution is 2.26. The molecule has 2 heterocycles. The average molecular weight is 356 g/mol. The SMILES string of the molecule is COc1cccc(-c2cncc(CN3CC=C(c4ccccc4)CC3)c2)c1. The van der Waals surface area contributed by atoms with E-state index in [9.17, 15) is 0 Å². The van der Waals surface area contributed by atoms with Crippen LogP contribution in [0.25, 0.3) is 16.7 Å². The molecule has 0 atom stereocenters. The highest BCUT2D eigenvalue weighted by atomic mass is 16.5. The second-order valence-corrected chi connectivity index (χ2v) is 6.89. The third-order valence-electron chi connectivity index (χ3n) is 5.04. The molecule has 4 rings (SSSR count). The Labute approximate surface area is 160 Å². The van der Waals surface area contributed by atoms with E-state index in [-0.39, 0.29) is 0 Å². The van der Waals surface area contributed by atoms with Crippen LogP contribution < -0.4 is 4.74 Å². The first-order chi connectivity index (χ1) is 13.3. The van der Waals surface area contributed by atoms with Gasteiger partial charge in [0.25, 0.3) is 0 Å². The van der Waals surface area contributed by atoms with Crippen LogP contribution in [0.3, 0.4) is 0 Å². The van der Waals surface area contributed by atoms with Gasteiger partial charge in [0.1, 0.15) is 5.75 Å². The van der Waals surface area contributed by atoms with E-state index in [1.807, 2.05) is 24.5 Å². The summed E-state index contributed by atoms with van der Waals surface area (Å²) in [5.41, 5.74) is 6.30. The number of benzene rings is 2. The van der Waals surface area contributed by atoms with E-state index in [0.717, 1.165) is 42.9 Å². The van der Waals surface area contributed by atoms with Gasteiger partial charge in [-0.05, 0) is 46.9 Å². The minimum atomic E-state index is 0.868. The lowest BCUT2D eigenvalue weighted by Gasteiger charge is -2.26. The minimum absolute atomic E-state index is 0.868. The number of aromatic nitrogens is 1. The van der Waals surface area contributed by atoms with Crippen molar-refractivity contribution in [2.24, 2.45) is 0 Å². The van der Waals surface area contributed by atoms with Gasteiger partial charge in [-0.2, -0.15) is 0 Å². The molecule has 2 aromatic carbocycles. The summed E-state index contributed by atoms with van der Waals surface area (Å²) in [5, 5.41) is 0. The van der Waals surface area contributed by atoms with E-state index < -0.39 is 0 Å². The van der Waals surface area contributed by atoms with Crippen molar-refractivity contribution < 1.29 is 4.74 Å². The third-order valence-corrected chi connectivity index (χ3v) is 5.04. The Morgan fingerprint density at radius 3 is 2.56 bits per heavy atom. The average Bonchev–Trinajstić information content (AvgIpc) is 2.75. The maximum absolute atomic E-state index is 5.34. The molecule has 1 aliphatic rings. The molecule has 0 N–H and O–H groups in total. The zero-order chi connectivity index (χ0) is 18.5. The molecule has 0 spiro atoms. The van der Waals surface area contributed by atoms with Crippen molar-refractivity contribution in [3.8, 4) is 16.9 Å². The molecule has 0 radical (unpaired) electrons. The predicted molar refractivity (Wildman–Crippen MR) is 111 cm³/mol. The van der Waals surface area contributed by atoms with Crippen LogP contribution >= 0.6 is 0 Å². The topological polar surface area (TPSA) is 25.4 Å². The van der Waals surface area contributed by atoms with Crippen molar-refractivity contribution in [3.63, 3.8) is 0 Å². The number of hydrogen-bond donors (Lipinski definition) is 0. The smallest absolute Gasteiger partial charge is 0.119 e. The van der Waals surface area contributed by atoms with Gasteiger partial charge in [0, 0.05) is 37.6 Å². The van der Waals surface area contributed by atoms with Crippen LogP contribution in [0.4, 0.5) is 0 Å².